The highest BCUT2D eigenvalue weighted by Crippen LogP contribution is 2.14. The van der Waals surface area contributed by atoms with Gasteiger partial charge in [0.2, 0.25) is 0 Å². The lowest BCUT2D eigenvalue weighted by molar-refractivity contribution is 0.563. The van der Waals surface area contributed by atoms with Gasteiger partial charge >= 0.3 is 0 Å². The zero-order valence-electron chi connectivity index (χ0n) is 8.28. The second-order valence-corrected chi connectivity index (χ2v) is 4.06. The summed E-state index contributed by atoms with van der Waals surface area (Å²) in [6, 6.07) is 7.20. The lowest BCUT2D eigenvalue weighted by atomic mass is 10.1. The predicted octanol–water partition coefficient (Wildman–Crippen LogP) is 1.26. The Morgan fingerprint density at radius 3 is 2.31 bits per heavy atom. The normalized spacial score (nSPS) is 12.3. The molecule has 0 spiro atoms. The van der Waals surface area contributed by atoms with E-state index in [-0.39, 0.29) is 5.75 Å². The fourth-order valence-corrected chi connectivity index (χ4v) is 1.76. The van der Waals surface area contributed by atoms with Crippen LogP contribution in [0.1, 0.15) is 5.56 Å². The van der Waals surface area contributed by atoms with Crippen molar-refractivity contribution in [3.63, 3.8) is 0 Å². The number of benzene rings is 1. The van der Waals surface area contributed by atoms with Crippen LogP contribution in [0.3, 0.4) is 0 Å². The average Bonchev–Trinajstić information content (AvgIpc) is 2.30. The monoisotopic (exact) mass is 235 g/mol. The van der Waals surface area contributed by atoms with E-state index >= 15 is 0 Å². The highest BCUT2D eigenvalue weighted by molar-refractivity contribution is 7.78. The second-order valence-electron chi connectivity index (χ2n) is 3.12. The lowest BCUT2D eigenvalue weighted by Gasteiger charge is -2.00. The summed E-state index contributed by atoms with van der Waals surface area (Å²) < 4.78 is 19.3. The van der Waals surface area contributed by atoms with Crippen LogP contribution in [-0.4, -0.2) is 23.7 Å². The quantitative estimate of drug-likeness (QED) is 0.810. The molecule has 1 N–H and O–H groups in total. The highest BCUT2D eigenvalue weighted by atomic mass is 32.2. The van der Waals surface area contributed by atoms with Gasteiger partial charge in [-0.1, -0.05) is 24.3 Å². The average molecular weight is 235 g/mol. The summed E-state index contributed by atoms with van der Waals surface area (Å²) in [5.74, 6) is 0.726. The summed E-state index contributed by atoms with van der Waals surface area (Å²) >= 11 is -1.81. The summed E-state index contributed by atoms with van der Waals surface area (Å²) in [7, 11) is 0. The molecular formula is C10H9N3O2S. The van der Waals surface area contributed by atoms with Crippen molar-refractivity contribution in [1.29, 1.82) is 0 Å². The number of rotatable bonds is 3. The van der Waals surface area contributed by atoms with Crippen LogP contribution in [0.2, 0.25) is 0 Å². The van der Waals surface area contributed by atoms with Crippen LogP contribution in [0.5, 0.6) is 0 Å². The molecule has 0 radical (unpaired) electrons. The van der Waals surface area contributed by atoms with Crippen molar-refractivity contribution in [2.75, 3.05) is 0 Å². The third-order valence-electron chi connectivity index (χ3n) is 2.00. The van der Waals surface area contributed by atoms with Crippen LogP contribution in [0.15, 0.2) is 36.9 Å². The molecule has 82 valence electrons. The lowest BCUT2D eigenvalue weighted by Crippen LogP contribution is -1.93. The summed E-state index contributed by atoms with van der Waals surface area (Å²) in [6.45, 7) is 0. The summed E-state index contributed by atoms with van der Waals surface area (Å²) in [5, 5.41) is 0. The number of hydrogen-bond donors (Lipinski definition) is 1. The van der Waals surface area contributed by atoms with E-state index in [4.69, 9.17) is 4.55 Å². The fraction of sp³-hybridized carbons (Fsp3) is 0.100. The minimum Gasteiger partial charge on any atom is -0.306 e. The maximum Gasteiger partial charge on any atom is 0.162 e. The molecular weight excluding hydrogens is 226 g/mol. The molecule has 0 bridgehead atoms. The Kier molecular flexibility index (Phi) is 3.33. The molecule has 1 aromatic carbocycles. The Morgan fingerprint density at radius 1 is 1.12 bits per heavy atom. The van der Waals surface area contributed by atoms with Crippen molar-refractivity contribution >= 4 is 11.1 Å². The summed E-state index contributed by atoms with van der Waals surface area (Å²) in [5.41, 5.74) is 1.66. The third kappa shape index (κ3) is 2.68. The molecule has 0 aliphatic carbocycles. The van der Waals surface area contributed by atoms with Gasteiger partial charge in [0.05, 0.1) is 5.75 Å². The first-order chi connectivity index (χ1) is 7.75. The van der Waals surface area contributed by atoms with Gasteiger partial charge in [0.25, 0.3) is 0 Å². The Hall–Kier alpha value is -1.66. The Morgan fingerprint density at radius 2 is 1.75 bits per heavy atom. The Labute approximate surface area is 94.9 Å². The molecule has 1 atom stereocenters. The van der Waals surface area contributed by atoms with Gasteiger partial charge in [0, 0.05) is 5.56 Å². The van der Waals surface area contributed by atoms with Crippen molar-refractivity contribution in [3.8, 4) is 11.4 Å². The van der Waals surface area contributed by atoms with Crippen molar-refractivity contribution in [1.82, 2.24) is 15.0 Å². The predicted molar refractivity (Wildman–Crippen MR) is 59.7 cm³/mol. The smallest absolute Gasteiger partial charge is 0.162 e. The third-order valence-corrected chi connectivity index (χ3v) is 2.58. The first-order valence-electron chi connectivity index (χ1n) is 4.54. The van der Waals surface area contributed by atoms with Crippen LogP contribution in [0, 0.1) is 0 Å². The molecule has 2 rings (SSSR count). The minimum atomic E-state index is -1.81. The van der Waals surface area contributed by atoms with E-state index < -0.39 is 11.1 Å². The number of hydrogen-bond acceptors (Lipinski definition) is 4. The summed E-state index contributed by atoms with van der Waals surface area (Å²) in [4.78, 5) is 11.7. The molecule has 1 heterocycles. The van der Waals surface area contributed by atoms with Gasteiger partial charge in [0.1, 0.15) is 12.7 Å². The molecule has 0 saturated carbocycles. The van der Waals surface area contributed by atoms with E-state index in [1.54, 1.807) is 12.1 Å². The fourth-order valence-electron chi connectivity index (χ4n) is 1.28. The number of nitrogens with zero attached hydrogens (tertiary/aromatic N) is 3. The van der Waals surface area contributed by atoms with E-state index in [2.05, 4.69) is 15.0 Å². The molecule has 5 nitrogen and oxygen atoms in total. The van der Waals surface area contributed by atoms with Crippen LogP contribution in [0.4, 0.5) is 0 Å². The molecule has 1 unspecified atom stereocenters. The minimum absolute atomic E-state index is 0.136. The summed E-state index contributed by atoms with van der Waals surface area (Å²) in [6.07, 6.45) is 2.86. The topological polar surface area (TPSA) is 76.0 Å². The van der Waals surface area contributed by atoms with E-state index in [1.165, 1.54) is 12.7 Å². The number of aromatic nitrogens is 3. The van der Waals surface area contributed by atoms with Crippen LogP contribution < -0.4 is 0 Å². The zero-order chi connectivity index (χ0) is 11.4. The standard InChI is InChI=1S/C10H9N3O2S/c14-16(15)5-8-1-3-9(4-2-8)10-12-6-11-7-13-10/h1-4,6-7H,5H2,(H,14,15). The van der Waals surface area contributed by atoms with Crippen LogP contribution in [-0.2, 0) is 16.8 Å². The molecule has 0 aliphatic rings. The van der Waals surface area contributed by atoms with Gasteiger partial charge in [-0.3, -0.25) is 0 Å². The molecule has 0 fully saturated rings. The molecule has 0 saturated heterocycles. The first kappa shape index (κ1) is 10.8. The zero-order valence-corrected chi connectivity index (χ0v) is 9.09. The SMILES string of the molecule is O=S(O)Cc1ccc(-c2ncncn2)cc1. The van der Waals surface area contributed by atoms with Gasteiger partial charge in [-0.15, -0.1) is 0 Å². The first-order valence-corrected chi connectivity index (χ1v) is 5.82. The molecule has 16 heavy (non-hydrogen) atoms. The van der Waals surface area contributed by atoms with Crippen LogP contribution >= 0.6 is 0 Å². The second kappa shape index (κ2) is 4.91. The van der Waals surface area contributed by atoms with E-state index in [0.29, 0.717) is 5.82 Å². The highest BCUT2D eigenvalue weighted by Gasteiger charge is 2.01. The maximum absolute atomic E-state index is 10.6. The van der Waals surface area contributed by atoms with Crippen molar-refractivity contribution in [2.24, 2.45) is 0 Å². The van der Waals surface area contributed by atoms with E-state index in [1.807, 2.05) is 12.1 Å². The van der Waals surface area contributed by atoms with Gasteiger partial charge < -0.3 is 4.55 Å². The van der Waals surface area contributed by atoms with Gasteiger partial charge in [-0.2, -0.15) is 0 Å². The van der Waals surface area contributed by atoms with Gasteiger partial charge in [0.15, 0.2) is 16.9 Å². The largest absolute Gasteiger partial charge is 0.306 e. The molecule has 2 aromatic rings. The van der Waals surface area contributed by atoms with Crippen molar-refractivity contribution in [2.45, 2.75) is 5.75 Å². The van der Waals surface area contributed by atoms with E-state index in [0.717, 1.165) is 11.1 Å². The van der Waals surface area contributed by atoms with Crippen molar-refractivity contribution in [3.05, 3.63) is 42.5 Å². The molecule has 1 aromatic heterocycles. The molecule has 6 heteroatoms. The molecule has 0 aliphatic heterocycles. The Balaban J connectivity index is 2.23. The maximum atomic E-state index is 10.6. The van der Waals surface area contributed by atoms with E-state index in [9.17, 15) is 4.21 Å². The van der Waals surface area contributed by atoms with Gasteiger partial charge in [-0.05, 0) is 5.56 Å². The molecule has 0 amide bonds. The van der Waals surface area contributed by atoms with Gasteiger partial charge in [-0.25, -0.2) is 19.2 Å². The van der Waals surface area contributed by atoms with Crippen LogP contribution in [0.25, 0.3) is 11.4 Å². The Bertz CT molecular complexity index is 487. The van der Waals surface area contributed by atoms with Crippen molar-refractivity contribution < 1.29 is 8.76 Å².